The number of carbonyl (C=O) groups is 1. The largest absolute Gasteiger partial charge is 0.397 e. The number of rotatable bonds is 3. The highest BCUT2D eigenvalue weighted by atomic mass is 19.1. The lowest BCUT2D eigenvalue weighted by molar-refractivity contribution is -0.117. The monoisotopic (exact) mass is 222 g/mol. The minimum absolute atomic E-state index is 0.0815. The molecule has 4 heteroatoms. The normalized spacial score (nSPS) is 15.6. The molecule has 0 saturated heterocycles. The van der Waals surface area contributed by atoms with Gasteiger partial charge in [-0.3, -0.25) is 4.79 Å². The molecule has 0 atom stereocenters. The van der Waals surface area contributed by atoms with Crippen LogP contribution in [0, 0.1) is 11.7 Å². The smallest absolute Gasteiger partial charge is 0.224 e. The van der Waals surface area contributed by atoms with Crippen molar-refractivity contribution in [2.75, 3.05) is 11.1 Å². The summed E-state index contributed by atoms with van der Waals surface area (Å²) < 4.78 is 12.9. The van der Waals surface area contributed by atoms with Crippen LogP contribution in [0.15, 0.2) is 18.2 Å². The Morgan fingerprint density at radius 3 is 2.88 bits per heavy atom. The molecule has 1 fully saturated rings. The number of hydrogen-bond acceptors (Lipinski definition) is 2. The van der Waals surface area contributed by atoms with Crippen LogP contribution in [0.4, 0.5) is 15.8 Å². The first-order valence-corrected chi connectivity index (χ1v) is 5.50. The zero-order chi connectivity index (χ0) is 11.5. The van der Waals surface area contributed by atoms with Gasteiger partial charge in [-0.25, -0.2) is 4.39 Å². The second-order valence-corrected chi connectivity index (χ2v) is 4.28. The van der Waals surface area contributed by atoms with Gasteiger partial charge in [-0.1, -0.05) is 6.42 Å². The summed E-state index contributed by atoms with van der Waals surface area (Å²) in [5, 5.41) is 2.65. The number of anilines is 2. The molecule has 2 rings (SSSR count). The van der Waals surface area contributed by atoms with Crippen molar-refractivity contribution in [1.29, 1.82) is 0 Å². The Balaban J connectivity index is 1.96. The Kier molecular flexibility index (Phi) is 3.08. The molecule has 0 spiro atoms. The van der Waals surface area contributed by atoms with Gasteiger partial charge in [0.1, 0.15) is 5.82 Å². The molecule has 0 heterocycles. The van der Waals surface area contributed by atoms with E-state index in [1.165, 1.54) is 24.6 Å². The highest BCUT2D eigenvalue weighted by molar-refractivity contribution is 5.93. The second kappa shape index (κ2) is 4.51. The van der Waals surface area contributed by atoms with Crippen molar-refractivity contribution in [3.8, 4) is 0 Å². The summed E-state index contributed by atoms with van der Waals surface area (Å²) in [5.41, 5.74) is 6.39. The minimum atomic E-state index is -0.395. The first-order valence-electron chi connectivity index (χ1n) is 5.50. The van der Waals surface area contributed by atoms with E-state index in [9.17, 15) is 9.18 Å². The predicted octanol–water partition coefficient (Wildman–Crippen LogP) is 2.54. The molecule has 0 aromatic heterocycles. The average Bonchev–Trinajstić information content (AvgIpc) is 2.18. The van der Waals surface area contributed by atoms with E-state index in [0.29, 0.717) is 23.7 Å². The maximum Gasteiger partial charge on any atom is 0.224 e. The van der Waals surface area contributed by atoms with Crippen molar-refractivity contribution >= 4 is 17.3 Å². The first kappa shape index (κ1) is 10.9. The van der Waals surface area contributed by atoms with Crippen LogP contribution in [0.3, 0.4) is 0 Å². The van der Waals surface area contributed by atoms with E-state index in [4.69, 9.17) is 5.73 Å². The van der Waals surface area contributed by atoms with Crippen molar-refractivity contribution in [2.24, 2.45) is 5.92 Å². The Hall–Kier alpha value is -1.58. The van der Waals surface area contributed by atoms with Crippen molar-refractivity contribution in [3.63, 3.8) is 0 Å². The van der Waals surface area contributed by atoms with Crippen molar-refractivity contribution in [1.82, 2.24) is 0 Å². The fourth-order valence-electron chi connectivity index (χ4n) is 1.80. The number of amides is 1. The van der Waals surface area contributed by atoms with Crippen LogP contribution >= 0.6 is 0 Å². The number of halogens is 1. The van der Waals surface area contributed by atoms with E-state index in [0.717, 1.165) is 12.8 Å². The van der Waals surface area contributed by atoms with Crippen LogP contribution < -0.4 is 11.1 Å². The molecule has 0 bridgehead atoms. The summed E-state index contributed by atoms with van der Waals surface area (Å²) in [6, 6.07) is 3.97. The predicted molar refractivity (Wildman–Crippen MR) is 61.4 cm³/mol. The number of carbonyl (C=O) groups excluding carboxylic acids is 1. The highest BCUT2D eigenvalue weighted by Crippen LogP contribution is 2.30. The summed E-state index contributed by atoms with van der Waals surface area (Å²) in [6.45, 7) is 0. The van der Waals surface area contributed by atoms with Crippen LogP contribution in [-0.2, 0) is 4.79 Å². The summed E-state index contributed by atoms with van der Waals surface area (Å²) in [6.07, 6.45) is 3.95. The maximum absolute atomic E-state index is 12.9. The third kappa shape index (κ3) is 2.51. The topological polar surface area (TPSA) is 55.1 Å². The van der Waals surface area contributed by atoms with Crippen molar-refractivity contribution in [3.05, 3.63) is 24.0 Å². The number of hydrogen-bond donors (Lipinski definition) is 2. The molecular formula is C12H15FN2O. The fraction of sp³-hybridized carbons (Fsp3) is 0.417. The lowest BCUT2D eigenvalue weighted by atomic mass is 9.83. The third-order valence-corrected chi connectivity index (χ3v) is 2.99. The average molecular weight is 222 g/mol. The van der Waals surface area contributed by atoms with Crippen LogP contribution in [-0.4, -0.2) is 5.91 Å². The van der Waals surface area contributed by atoms with Crippen molar-refractivity contribution in [2.45, 2.75) is 25.7 Å². The number of nitrogen functional groups attached to an aromatic ring is 1. The number of nitrogens with two attached hydrogens (primary N) is 1. The molecule has 1 aromatic rings. The molecular weight excluding hydrogens is 207 g/mol. The molecule has 3 nitrogen and oxygen atoms in total. The second-order valence-electron chi connectivity index (χ2n) is 4.28. The first-order chi connectivity index (χ1) is 7.65. The minimum Gasteiger partial charge on any atom is -0.397 e. The number of nitrogens with one attached hydrogen (secondary N) is 1. The molecule has 1 amide bonds. The third-order valence-electron chi connectivity index (χ3n) is 2.99. The van der Waals surface area contributed by atoms with Crippen molar-refractivity contribution < 1.29 is 9.18 Å². The molecule has 0 unspecified atom stereocenters. The zero-order valence-corrected chi connectivity index (χ0v) is 9.00. The van der Waals surface area contributed by atoms with Gasteiger partial charge in [0.05, 0.1) is 11.4 Å². The van der Waals surface area contributed by atoms with Crippen LogP contribution in [0.5, 0.6) is 0 Å². The lowest BCUT2D eigenvalue weighted by Crippen LogP contribution is -2.21. The van der Waals surface area contributed by atoms with Gasteiger partial charge in [0, 0.05) is 6.42 Å². The molecule has 86 valence electrons. The molecule has 1 aromatic carbocycles. The highest BCUT2D eigenvalue weighted by Gasteiger charge is 2.20. The van der Waals surface area contributed by atoms with Crippen LogP contribution in [0.25, 0.3) is 0 Å². The van der Waals surface area contributed by atoms with Gasteiger partial charge in [0.2, 0.25) is 5.91 Å². The Labute approximate surface area is 93.8 Å². The summed E-state index contributed by atoms with van der Waals surface area (Å²) in [7, 11) is 0. The Morgan fingerprint density at radius 2 is 2.25 bits per heavy atom. The molecule has 1 aliphatic carbocycles. The molecule has 16 heavy (non-hydrogen) atoms. The maximum atomic E-state index is 12.9. The van der Waals surface area contributed by atoms with Gasteiger partial charge in [-0.05, 0) is 37.0 Å². The Morgan fingerprint density at radius 1 is 1.50 bits per heavy atom. The Bertz CT molecular complexity index is 402. The van der Waals surface area contributed by atoms with Gasteiger partial charge in [0.15, 0.2) is 0 Å². The standard InChI is InChI=1S/C12H15FN2O/c13-9-4-5-10(14)11(7-9)15-12(16)6-8-2-1-3-8/h4-5,7-8H,1-3,6,14H2,(H,15,16). The molecule has 1 saturated carbocycles. The molecule has 3 N–H and O–H groups in total. The van der Waals surface area contributed by atoms with E-state index in [-0.39, 0.29) is 5.91 Å². The van der Waals surface area contributed by atoms with Gasteiger partial charge >= 0.3 is 0 Å². The van der Waals surface area contributed by atoms with E-state index in [1.54, 1.807) is 0 Å². The molecule has 1 aliphatic rings. The van der Waals surface area contributed by atoms with E-state index < -0.39 is 5.82 Å². The summed E-state index contributed by atoms with van der Waals surface area (Å²) in [4.78, 5) is 11.6. The zero-order valence-electron chi connectivity index (χ0n) is 9.00. The number of benzene rings is 1. The SMILES string of the molecule is Nc1ccc(F)cc1NC(=O)CC1CCC1. The molecule has 0 radical (unpaired) electrons. The van der Waals surface area contributed by atoms with E-state index in [1.807, 2.05) is 0 Å². The quantitative estimate of drug-likeness (QED) is 0.772. The van der Waals surface area contributed by atoms with E-state index >= 15 is 0 Å². The van der Waals surface area contributed by atoms with Crippen LogP contribution in [0.1, 0.15) is 25.7 Å². The van der Waals surface area contributed by atoms with Gasteiger partial charge in [0.25, 0.3) is 0 Å². The van der Waals surface area contributed by atoms with Gasteiger partial charge in [-0.15, -0.1) is 0 Å². The van der Waals surface area contributed by atoms with Gasteiger partial charge in [-0.2, -0.15) is 0 Å². The lowest BCUT2D eigenvalue weighted by Gasteiger charge is -2.24. The van der Waals surface area contributed by atoms with E-state index in [2.05, 4.69) is 5.32 Å². The fourth-order valence-corrected chi connectivity index (χ4v) is 1.80. The molecule has 0 aliphatic heterocycles. The van der Waals surface area contributed by atoms with Gasteiger partial charge < -0.3 is 11.1 Å². The van der Waals surface area contributed by atoms with Crippen LogP contribution in [0.2, 0.25) is 0 Å². The summed E-state index contributed by atoms with van der Waals surface area (Å²) >= 11 is 0. The summed E-state index contributed by atoms with van der Waals surface area (Å²) in [5.74, 6) is 0.0185.